The van der Waals surface area contributed by atoms with E-state index in [9.17, 15) is 4.39 Å². The predicted molar refractivity (Wildman–Crippen MR) is 182 cm³/mol. The molecule has 2 heteroatoms. The number of anilines is 3. The van der Waals surface area contributed by atoms with Crippen LogP contribution in [0.4, 0.5) is 21.5 Å². The van der Waals surface area contributed by atoms with Crippen molar-refractivity contribution in [2.75, 3.05) is 4.90 Å². The Hall–Kier alpha value is -5.73. The molecule has 1 aliphatic carbocycles. The highest BCUT2D eigenvalue weighted by atomic mass is 19.1. The maximum atomic E-state index is 14.1. The molecule has 7 aromatic carbocycles. The number of rotatable bonds is 4. The van der Waals surface area contributed by atoms with Gasteiger partial charge in [0.15, 0.2) is 0 Å². The third-order valence-electron chi connectivity index (χ3n) is 8.52. The molecule has 0 saturated heterocycles. The molecular weight excluding hydrogens is 537 g/mol. The minimum Gasteiger partial charge on any atom is -0.310 e. The van der Waals surface area contributed by atoms with Crippen LogP contribution in [0.1, 0.15) is 0 Å². The molecule has 0 amide bonds. The summed E-state index contributed by atoms with van der Waals surface area (Å²) in [6.45, 7) is 0. The van der Waals surface area contributed by atoms with Gasteiger partial charge in [0.2, 0.25) is 0 Å². The molecule has 0 aromatic heterocycles. The fourth-order valence-electron chi connectivity index (χ4n) is 6.46. The van der Waals surface area contributed by atoms with Crippen LogP contribution in [-0.4, -0.2) is 0 Å². The summed E-state index contributed by atoms with van der Waals surface area (Å²) < 4.78 is 14.1. The van der Waals surface area contributed by atoms with E-state index in [1.54, 1.807) is 0 Å². The van der Waals surface area contributed by atoms with E-state index in [-0.39, 0.29) is 5.82 Å². The lowest BCUT2D eigenvalue weighted by Crippen LogP contribution is -2.10. The van der Waals surface area contributed by atoms with Crippen molar-refractivity contribution in [1.29, 1.82) is 0 Å². The lowest BCUT2D eigenvalue weighted by molar-refractivity contribution is 0.628. The van der Waals surface area contributed by atoms with E-state index >= 15 is 0 Å². The third kappa shape index (κ3) is 4.49. The van der Waals surface area contributed by atoms with E-state index in [2.05, 4.69) is 144 Å². The Bertz CT molecular complexity index is 2110. The molecule has 0 N–H and O–H groups in total. The molecule has 1 aliphatic rings. The van der Waals surface area contributed by atoms with Crippen LogP contribution >= 0.6 is 0 Å². The van der Waals surface area contributed by atoms with E-state index in [4.69, 9.17) is 0 Å². The summed E-state index contributed by atoms with van der Waals surface area (Å²) in [5, 5.41) is 0. The monoisotopic (exact) mass is 565 g/mol. The van der Waals surface area contributed by atoms with Gasteiger partial charge in [-0.25, -0.2) is 4.39 Å². The predicted octanol–water partition coefficient (Wildman–Crippen LogP) is 11.9. The molecule has 0 spiro atoms. The second kappa shape index (κ2) is 10.8. The summed E-state index contributed by atoms with van der Waals surface area (Å²) in [5.41, 5.74) is 14.8. The van der Waals surface area contributed by atoms with Crippen molar-refractivity contribution in [1.82, 2.24) is 0 Å². The lowest BCUT2D eigenvalue weighted by Gasteiger charge is -2.28. The number of benzene rings is 7. The van der Waals surface area contributed by atoms with Crippen molar-refractivity contribution < 1.29 is 4.39 Å². The normalized spacial score (nSPS) is 11.3. The van der Waals surface area contributed by atoms with Crippen LogP contribution in [0, 0.1) is 5.82 Å². The first-order valence-electron chi connectivity index (χ1n) is 14.9. The van der Waals surface area contributed by atoms with Gasteiger partial charge >= 0.3 is 0 Å². The highest BCUT2D eigenvalue weighted by molar-refractivity contribution is 6.04. The van der Waals surface area contributed by atoms with Crippen molar-refractivity contribution in [2.24, 2.45) is 0 Å². The molecule has 0 heterocycles. The van der Waals surface area contributed by atoms with Gasteiger partial charge in [0.05, 0.1) is 0 Å². The van der Waals surface area contributed by atoms with Crippen LogP contribution in [-0.2, 0) is 0 Å². The van der Waals surface area contributed by atoms with E-state index in [1.165, 1.54) is 56.6 Å². The van der Waals surface area contributed by atoms with Crippen LogP contribution in [0.2, 0.25) is 0 Å². The quantitative estimate of drug-likeness (QED) is 0.205. The van der Waals surface area contributed by atoms with Crippen LogP contribution in [0.25, 0.3) is 55.6 Å². The molecule has 1 nitrogen and oxygen atoms in total. The van der Waals surface area contributed by atoms with Gasteiger partial charge < -0.3 is 4.90 Å². The van der Waals surface area contributed by atoms with E-state index < -0.39 is 0 Å². The lowest BCUT2D eigenvalue weighted by atomic mass is 9.81. The Balaban J connectivity index is 1.35. The van der Waals surface area contributed by atoms with Crippen molar-refractivity contribution in [3.8, 4) is 55.6 Å². The second-order valence-corrected chi connectivity index (χ2v) is 11.1. The third-order valence-corrected chi connectivity index (χ3v) is 8.52. The molecule has 0 atom stereocenters. The highest BCUT2D eigenvalue weighted by Gasteiger charge is 2.23. The van der Waals surface area contributed by atoms with Crippen molar-refractivity contribution in [3.63, 3.8) is 0 Å². The largest absolute Gasteiger partial charge is 0.310 e. The Labute approximate surface area is 257 Å². The van der Waals surface area contributed by atoms with Gasteiger partial charge in [-0.1, -0.05) is 121 Å². The zero-order valence-corrected chi connectivity index (χ0v) is 24.0. The standard InChI is InChI=1S/C42H28FN/c43-31-20-24-33(25-21-31)44(32-22-18-30(19-23-32)29-10-2-1-3-11-29)34-26-27-41-39-16-7-6-14-37(39)35-12-4-5-13-36(35)38-15-8-9-17-40(38)42(41)28-34/h1-28H. The summed E-state index contributed by atoms with van der Waals surface area (Å²) in [6.07, 6.45) is 0. The smallest absolute Gasteiger partial charge is 0.123 e. The zero-order chi connectivity index (χ0) is 29.5. The Morgan fingerprint density at radius 1 is 0.295 bits per heavy atom. The number of hydrogen-bond donors (Lipinski definition) is 0. The summed E-state index contributed by atoms with van der Waals surface area (Å²) in [4.78, 5) is 2.20. The van der Waals surface area contributed by atoms with Crippen LogP contribution in [0.15, 0.2) is 170 Å². The average Bonchev–Trinajstić information content (AvgIpc) is 3.09. The van der Waals surface area contributed by atoms with E-state index in [0.717, 1.165) is 28.2 Å². The average molecular weight is 566 g/mol. The van der Waals surface area contributed by atoms with Gasteiger partial charge in [-0.3, -0.25) is 0 Å². The Kier molecular flexibility index (Phi) is 6.39. The van der Waals surface area contributed by atoms with E-state index in [1.807, 2.05) is 18.2 Å². The maximum absolute atomic E-state index is 14.1. The minimum absolute atomic E-state index is 0.254. The fourth-order valence-corrected chi connectivity index (χ4v) is 6.46. The van der Waals surface area contributed by atoms with E-state index in [0.29, 0.717) is 0 Å². The van der Waals surface area contributed by atoms with Crippen molar-refractivity contribution in [2.45, 2.75) is 0 Å². The number of nitrogens with zero attached hydrogens (tertiary/aromatic N) is 1. The zero-order valence-electron chi connectivity index (χ0n) is 24.0. The summed E-state index contributed by atoms with van der Waals surface area (Å²) in [7, 11) is 0. The molecule has 8 rings (SSSR count). The summed E-state index contributed by atoms with van der Waals surface area (Å²) in [5.74, 6) is -0.254. The molecule has 0 fully saturated rings. The first-order valence-corrected chi connectivity index (χ1v) is 14.9. The summed E-state index contributed by atoms with van der Waals surface area (Å²) in [6, 6.07) is 58.4. The fraction of sp³-hybridized carbons (Fsp3) is 0. The first kappa shape index (κ1) is 25.9. The van der Waals surface area contributed by atoms with Crippen LogP contribution in [0.5, 0.6) is 0 Å². The molecule has 208 valence electrons. The second-order valence-electron chi connectivity index (χ2n) is 11.1. The maximum Gasteiger partial charge on any atom is 0.123 e. The number of hydrogen-bond acceptors (Lipinski definition) is 1. The number of halogens is 1. The summed E-state index contributed by atoms with van der Waals surface area (Å²) >= 11 is 0. The SMILES string of the molecule is Fc1ccc(N(c2ccc(-c3ccccc3)cc2)c2ccc3c(c2)-c2ccccc2-c2ccccc2-c2ccccc2-3)cc1. The molecule has 0 unspecified atom stereocenters. The molecule has 7 aromatic rings. The molecule has 44 heavy (non-hydrogen) atoms. The molecule has 0 aliphatic heterocycles. The van der Waals surface area contributed by atoms with Gasteiger partial charge in [-0.05, 0) is 104 Å². The van der Waals surface area contributed by atoms with Crippen molar-refractivity contribution >= 4 is 17.1 Å². The van der Waals surface area contributed by atoms with Crippen LogP contribution in [0.3, 0.4) is 0 Å². The van der Waals surface area contributed by atoms with Gasteiger partial charge in [0.1, 0.15) is 5.82 Å². The van der Waals surface area contributed by atoms with Crippen molar-refractivity contribution in [3.05, 3.63) is 176 Å². The Morgan fingerprint density at radius 2 is 0.659 bits per heavy atom. The molecule has 0 bridgehead atoms. The van der Waals surface area contributed by atoms with Gasteiger partial charge in [0.25, 0.3) is 0 Å². The number of fused-ring (bicyclic) bond motifs is 8. The topological polar surface area (TPSA) is 3.24 Å². The van der Waals surface area contributed by atoms with Gasteiger partial charge in [-0.2, -0.15) is 0 Å². The van der Waals surface area contributed by atoms with Gasteiger partial charge in [-0.15, -0.1) is 0 Å². The molecule has 0 saturated carbocycles. The molecular formula is C42H28FN. The Morgan fingerprint density at radius 3 is 1.16 bits per heavy atom. The van der Waals surface area contributed by atoms with Crippen LogP contribution < -0.4 is 4.90 Å². The minimum atomic E-state index is -0.254. The first-order chi connectivity index (χ1) is 21.7. The highest BCUT2D eigenvalue weighted by Crippen LogP contribution is 2.49. The van der Waals surface area contributed by atoms with Gasteiger partial charge in [0, 0.05) is 17.1 Å². The molecule has 0 radical (unpaired) electrons.